The summed E-state index contributed by atoms with van der Waals surface area (Å²) in [7, 11) is 1.73. The van der Waals surface area contributed by atoms with Gasteiger partial charge in [-0.25, -0.2) is 0 Å². The first-order chi connectivity index (χ1) is 14.0. The van der Waals surface area contributed by atoms with E-state index in [1.54, 1.807) is 12.7 Å². The fourth-order valence-electron chi connectivity index (χ4n) is 4.95. The van der Waals surface area contributed by atoms with E-state index in [0.29, 0.717) is 11.8 Å². The first-order valence-corrected chi connectivity index (χ1v) is 11.5. The third-order valence-electron chi connectivity index (χ3n) is 6.14. The van der Waals surface area contributed by atoms with E-state index in [9.17, 15) is 0 Å². The molecular weight excluding hydrogens is 352 g/mol. The first-order valence-electron chi connectivity index (χ1n) is 11.5. The summed E-state index contributed by atoms with van der Waals surface area (Å²) in [5.41, 5.74) is 7.03. The highest BCUT2D eigenvalue weighted by Crippen LogP contribution is 2.44. The average Bonchev–Trinajstić information content (AvgIpc) is 2.73. The van der Waals surface area contributed by atoms with E-state index in [4.69, 9.17) is 4.74 Å². The van der Waals surface area contributed by atoms with Gasteiger partial charge in [0.2, 0.25) is 0 Å². The van der Waals surface area contributed by atoms with Crippen LogP contribution in [0.1, 0.15) is 77.0 Å². The van der Waals surface area contributed by atoms with Crippen molar-refractivity contribution in [2.75, 3.05) is 7.11 Å². The summed E-state index contributed by atoms with van der Waals surface area (Å²) in [5.74, 6) is 3.05. The maximum atomic E-state index is 5.38. The molecule has 3 rings (SSSR count). The number of aryl methyl sites for hydroxylation is 1. The van der Waals surface area contributed by atoms with Crippen molar-refractivity contribution < 1.29 is 4.74 Å². The minimum absolute atomic E-state index is 0.628. The Bertz CT molecular complexity index is 753. The number of methoxy groups -OCH3 is 1. The maximum Gasteiger partial charge on any atom is 0.118 e. The molecule has 1 heteroatoms. The van der Waals surface area contributed by atoms with Gasteiger partial charge in [-0.15, -0.1) is 0 Å². The highest BCUT2D eigenvalue weighted by molar-refractivity contribution is 5.83. The molecule has 2 unspecified atom stereocenters. The van der Waals surface area contributed by atoms with Gasteiger partial charge in [0.05, 0.1) is 7.11 Å². The average molecular weight is 393 g/mol. The van der Waals surface area contributed by atoms with Crippen molar-refractivity contribution in [1.29, 1.82) is 0 Å². The van der Waals surface area contributed by atoms with Crippen LogP contribution in [0.5, 0.6) is 5.75 Å². The monoisotopic (exact) mass is 392 g/mol. The molecule has 0 radical (unpaired) electrons. The zero-order chi connectivity index (χ0) is 21.4. The zero-order valence-electron chi connectivity index (χ0n) is 19.6. The largest absolute Gasteiger partial charge is 0.497 e. The summed E-state index contributed by atoms with van der Waals surface area (Å²) in [6.45, 7) is 13.3. The zero-order valence-corrected chi connectivity index (χ0v) is 19.6. The summed E-state index contributed by atoms with van der Waals surface area (Å²) >= 11 is 0. The number of allylic oxidation sites excluding steroid dienone is 1. The highest BCUT2D eigenvalue weighted by atomic mass is 16.5. The molecule has 1 nitrogen and oxygen atoms in total. The van der Waals surface area contributed by atoms with Crippen molar-refractivity contribution in [2.24, 2.45) is 17.8 Å². The number of benzene rings is 2. The van der Waals surface area contributed by atoms with Crippen LogP contribution in [-0.2, 0) is 0 Å². The van der Waals surface area contributed by atoms with Gasteiger partial charge in [-0.1, -0.05) is 95.0 Å². The Kier molecular flexibility index (Phi) is 9.01. The normalized spacial score (nSPS) is 21.2. The smallest absolute Gasteiger partial charge is 0.118 e. The molecule has 0 amide bonds. The van der Waals surface area contributed by atoms with Crippen molar-refractivity contribution in [3.05, 3.63) is 70.8 Å². The van der Waals surface area contributed by atoms with Crippen LogP contribution in [0.15, 0.2) is 54.1 Å². The second-order valence-electron chi connectivity index (χ2n) is 8.35. The molecule has 1 aliphatic carbocycles. The molecule has 158 valence electrons. The fraction of sp³-hybridized carbons (Fsp3) is 0.500. The van der Waals surface area contributed by atoms with Gasteiger partial charge in [0.25, 0.3) is 0 Å². The molecule has 0 spiro atoms. The standard InChI is InChI=1S/C26H34O.C2H6/c1-6-7-21-16-19(3)25(20(4)17-21)26(22-10-8-18(2)9-11-22)23-12-14-24(27-5)15-13-23;1-2/h8-15,19-21H,6-7,16-17H2,1-5H3;1-2H3. The van der Waals surface area contributed by atoms with Crippen molar-refractivity contribution in [3.8, 4) is 5.75 Å². The minimum Gasteiger partial charge on any atom is -0.497 e. The van der Waals surface area contributed by atoms with Crippen LogP contribution in [0.3, 0.4) is 0 Å². The predicted molar refractivity (Wildman–Crippen MR) is 128 cm³/mol. The number of ether oxygens (including phenoxy) is 1. The quantitative estimate of drug-likeness (QED) is 0.497. The molecule has 0 aliphatic heterocycles. The number of rotatable bonds is 5. The van der Waals surface area contributed by atoms with E-state index in [-0.39, 0.29) is 0 Å². The highest BCUT2D eigenvalue weighted by Gasteiger charge is 2.30. The molecule has 2 aromatic rings. The number of hydrogen-bond acceptors (Lipinski definition) is 1. The molecule has 1 saturated carbocycles. The van der Waals surface area contributed by atoms with Crippen LogP contribution in [0, 0.1) is 24.7 Å². The van der Waals surface area contributed by atoms with Crippen molar-refractivity contribution in [1.82, 2.24) is 0 Å². The summed E-state index contributed by atoms with van der Waals surface area (Å²) in [6, 6.07) is 17.7. The second kappa shape index (κ2) is 11.2. The summed E-state index contributed by atoms with van der Waals surface area (Å²) in [4.78, 5) is 0. The minimum atomic E-state index is 0.628. The second-order valence-corrected chi connectivity index (χ2v) is 8.35. The van der Waals surface area contributed by atoms with Gasteiger partial charge in [-0.2, -0.15) is 0 Å². The van der Waals surface area contributed by atoms with Crippen LogP contribution in [0.2, 0.25) is 0 Å². The van der Waals surface area contributed by atoms with E-state index in [1.165, 1.54) is 47.9 Å². The summed E-state index contributed by atoms with van der Waals surface area (Å²) < 4.78 is 5.38. The lowest BCUT2D eigenvalue weighted by Gasteiger charge is -2.36. The molecule has 0 heterocycles. The molecule has 2 aromatic carbocycles. The molecule has 2 atom stereocenters. The Hall–Kier alpha value is -2.02. The molecule has 29 heavy (non-hydrogen) atoms. The Morgan fingerprint density at radius 1 is 0.862 bits per heavy atom. The van der Waals surface area contributed by atoms with Crippen molar-refractivity contribution in [2.45, 2.75) is 67.2 Å². The maximum absolute atomic E-state index is 5.38. The van der Waals surface area contributed by atoms with Crippen LogP contribution >= 0.6 is 0 Å². The Morgan fingerprint density at radius 2 is 1.34 bits per heavy atom. The van der Waals surface area contributed by atoms with Crippen molar-refractivity contribution in [3.63, 3.8) is 0 Å². The van der Waals surface area contributed by atoms with Gasteiger partial charge in [-0.05, 0) is 66.4 Å². The third kappa shape index (κ3) is 5.75. The summed E-state index contributed by atoms with van der Waals surface area (Å²) in [6.07, 6.45) is 5.30. The van der Waals surface area contributed by atoms with Crippen LogP contribution in [0.4, 0.5) is 0 Å². The molecule has 0 bridgehead atoms. The van der Waals surface area contributed by atoms with Crippen LogP contribution in [-0.4, -0.2) is 7.11 Å². The Morgan fingerprint density at radius 3 is 1.79 bits per heavy atom. The third-order valence-corrected chi connectivity index (χ3v) is 6.14. The topological polar surface area (TPSA) is 9.23 Å². The first kappa shape index (κ1) is 23.3. The molecule has 0 saturated heterocycles. The van der Waals surface area contributed by atoms with Gasteiger partial charge < -0.3 is 4.74 Å². The lowest BCUT2D eigenvalue weighted by atomic mass is 9.68. The van der Waals surface area contributed by atoms with Gasteiger partial charge in [0.15, 0.2) is 0 Å². The lowest BCUT2D eigenvalue weighted by molar-refractivity contribution is 0.277. The lowest BCUT2D eigenvalue weighted by Crippen LogP contribution is -2.24. The van der Waals surface area contributed by atoms with Crippen molar-refractivity contribution >= 4 is 5.57 Å². The summed E-state index contributed by atoms with van der Waals surface area (Å²) in [5, 5.41) is 0. The molecule has 1 fully saturated rings. The van der Waals surface area contributed by atoms with Crippen LogP contribution < -0.4 is 4.74 Å². The van der Waals surface area contributed by atoms with Crippen LogP contribution in [0.25, 0.3) is 5.57 Å². The van der Waals surface area contributed by atoms with Gasteiger partial charge in [-0.3, -0.25) is 0 Å². The Balaban J connectivity index is 0.00000145. The van der Waals surface area contributed by atoms with Gasteiger partial charge in [0.1, 0.15) is 5.75 Å². The fourth-order valence-corrected chi connectivity index (χ4v) is 4.95. The Labute approximate surface area is 179 Å². The van der Waals surface area contributed by atoms with E-state index < -0.39 is 0 Å². The van der Waals surface area contributed by atoms with Gasteiger partial charge >= 0.3 is 0 Å². The van der Waals surface area contributed by atoms with E-state index in [0.717, 1.165) is 11.7 Å². The molecule has 1 aliphatic rings. The van der Waals surface area contributed by atoms with E-state index >= 15 is 0 Å². The molecule has 0 aromatic heterocycles. The van der Waals surface area contributed by atoms with E-state index in [1.807, 2.05) is 13.8 Å². The van der Waals surface area contributed by atoms with E-state index in [2.05, 4.69) is 76.2 Å². The number of hydrogen-bond donors (Lipinski definition) is 0. The molecule has 0 N–H and O–H groups in total. The molecular formula is C28H40O. The predicted octanol–water partition coefficient (Wildman–Crippen LogP) is 8.31. The SMILES string of the molecule is CC.CCCC1CC(C)C(=C(c2ccc(C)cc2)c2ccc(OC)cc2)C(C)C1. The van der Waals surface area contributed by atoms with Gasteiger partial charge in [0, 0.05) is 0 Å².